The molecule has 3 rings (SSSR count). The Hall–Kier alpha value is -1.85. The van der Waals surface area contributed by atoms with E-state index in [1.807, 2.05) is 30.3 Å². The highest BCUT2D eigenvalue weighted by molar-refractivity contribution is 6.31. The van der Waals surface area contributed by atoms with Crippen molar-refractivity contribution in [3.8, 4) is 0 Å². The first-order valence-corrected chi connectivity index (χ1v) is 7.83. The molecule has 0 bridgehead atoms. The molecule has 0 amide bonds. The summed E-state index contributed by atoms with van der Waals surface area (Å²) in [5, 5.41) is 4.14. The minimum absolute atomic E-state index is 0.749. The maximum atomic E-state index is 6.16. The van der Waals surface area contributed by atoms with Crippen molar-refractivity contribution in [3.05, 3.63) is 47.2 Å². The predicted octanol–water partition coefficient (Wildman–Crippen LogP) is 2.62. The second kappa shape index (κ2) is 7.42. The number of ether oxygens (including phenoxy) is 1. The molecule has 0 spiro atoms. The van der Waals surface area contributed by atoms with Crippen molar-refractivity contribution in [3.63, 3.8) is 0 Å². The number of anilines is 2. The van der Waals surface area contributed by atoms with Gasteiger partial charge in [-0.25, -0.2) is 9.97 Å². The highest BCUT2D eigenvalue weighted by atomic mass is 35.5. The summed E-state index contributed by atoms with van der Waals surface area (Å²) < 4.78 is 5.36. The summed E-state index contributed by atoms with van der Waals surface area (Å²) in [6.07, 6.45) is 2.46. The number of hydrogen-bond donors (Lipinski definition) is 1. The molecule has 1 aromatic heterocycles. The molecule has 0 aliphatic carbocycles. The average molecular weight is 319 g/mol. The summed E-state index contributed by atoms with van der Waals surface area (Å²) in [5.74, 6) is 1.78. The van der Waals surface area contributed by atoms with Gasteiger partial charge in [0.15, 0.2) is 0 Å². The van der Waals surface area contributed by atoms with Crippen molar-refractivity contribution in [2.45, 2.75) is 6.42 Å². The highest BCUT2D eigenvalue weighted by Gasteiger charge is 2.12. The monoisotopic (exact) mass is 318 g/mol. The van der Waals surface area contributed by atoms with Crippen LogP contribution in [0.3, 0.4) is 0 Å². The first-order chi connectivity index (χ1) is 10.8. The zero-order valence-corrected chi connectivity index (χ0v) is 13.1. The van der Waals surface area contributed by atoms with Gasteiger partial charge in [-0.3, -0.25) is 0 Å². The third-order valence-corrected chi connectivity index (χ3v) is 4.01. The number of hydrogen-bond acceptors (Lipinski definition) is 5. The molecular formula is C16H19ClN4O. The second-order valence-corrected chi connectivity index (χ2v) is 5.54. The maximum Gasteiger partial charge on any atom is 0.134 e. The molecule has 0 radical (unpaired) electrons. The van der Waals surface area contributed by atoms with Gasteiger partial charge in [0.25, 0.3) is 0 Å². The topological polar surface area (TPSA) is 50.3 Å². The Bertz CT molecular complexity index is 617. The maximum absolute atomic E-state index is 6.16. The molecule has 5 nitrogen and oxygen atoms in total. The van der Waals surface area contributed by atoms with Gasteiger partial charge in [-0.15, -0.1) is 0 Å². The molecule has 0 atom stereocenters. The third kappa shape index (κ3) is 3.87. The van der Waals surface area contributed by atoms with E-state index in [2.05, 4.69) is 20.2 Å². The van der Waals surface area contributed by atoms with Crippen LogP contribution in [-0.4, -0.2) is 42.8 Å². The van der Waals surface area contributed by atoms with Gasteiger partial charge in [-0.2, -0.15) is 0 Å². The van der Waals surface area contributed by atoms with Crippen LogP contribution >= 0.6 is 11.6 Å². The van der Waals surface area contributed by atoms with E-state index in [1.165, 1.54) is 0 Å². The average Bonchev–Trinajstić information content (AvgIpc) is 2.58. The van der Waals surface area contributed by atoms with Crippen LogP contribution in [0.5, 0.6) is 0 Å². The van der Waals surface area contributed by atoms with Crippen molar-refractivity contribution in [2.24, 2.45) is 0 Å². The van der Waals surface area contributed by atoms with Crippen molar-refractivity contribution in [1.29, 1.82) is 0 Å². The second-order valence-electron chi connectivity index (χ2n) is 5.13. The number of halogens is 1. The number of benzene rings is 1. The molecular weight excluding hydrogens is 300 g/mol. The van der Waals surface area contributed by atoms with E-state index in [-0.39, 0.29) is 0 Å². The summed E-state index contributed by atoms with van der Waals surface area (Å²) in [7, 11) is 0. The predicted molar refractivity (Wildman–Crippen MR) is 88.7 cm³/mol. The number of rotatable bonds is 5. The lowest BCUT2D eigenvalue weighted by atomic mass is 10.1. The summed E-state index contributed by atoms with van der Waals surface area (Å²) in [4.78, 5) is 10.8. The van der Waals surface area contributed by atoms with Crippen LogP contribution in [-0.2, 0) is 11.2 Å². The minimum atomic E-state index is 0.749. The summed E-state index contributed by atoms with van der Waals surface area (Å²) >= 11 is 6.16. The van der Waals surface area contributed by atoms with Crippen LogP contribution < -0.4 is 10.2 Å². The Labute approximate surface area is 135 Å². The summed E-state index contributed by atoms with van der Waals surface area (Å²) in [6.45, 7) is 4.02. The van der Waals surface area contributed by atoms with E-state index in [1.54, 1.807) is 6.33 Å². The molecule has 6 heteroatoms. The van der Waals surface area contributed by atoms with Gasteiger partial charge in [-0.1, -0.05) is 29.8 Å². The third-order valence-electron chi connectivity index (χ3n) is 3.65. The highest BCUT2D eigenvalue weighted by Crippen LogP contribution is 2.17. The van der Waals surface area contributed by atoms with Gasteiger partial charge in [0, 0.05) is 30.7 Å². The Morgan fingerprint density at radius 3 is 2.82 bits per heavy atom. The molecule has 0 saturated carbocycles. The molecule has 22 heavy (non-hydrogen) atoms. The van der Waals surface area contributed by atoms with Crippen LogP contribution in [0.1, 0.15) is 5.56 Å². The lowest BCUT2D eigenvalue weighted by molar-refractivity contribution is 0.122. The molecule has 1 aliphatic heterocycles. The molecule has 116 valence electrons. The molecule has 1 fully saturated rings. The number of nitrogens with zero attached hydrogens (tertiary/aromatic N) is 3. The molecule has 2 heterocycles. The van der Waals surface area contributed by atoms with Gasteiger partial charge >= 0.3 is 0 Å². The van der Waals surface area contributed by atoms with Crippen LogP contribution in [0.2, 0.25) is 5.02 Å². The van der Waals surface area contributed by atoms with Gasteiger partial charge < -0.3 is 15.0 Å². The van der Waals surface area contributed by atoms with Crippen molar-refractivity contribution < 1.29 is 4.74 Å². The fraction of sp³-hybridized carbons (Fsp3) is 0.375. The largest absolute Gasteiger partial charge is 0.378 e. The van der Waals surface area contributed by atoms with Gasteiger partial charge in [-0.05, 0) is 18.1 Å². The van der Waals surface area contributed by atoms with Crippen LogP contribution in [0.15, 0.2) is 36.7 Å². The lowest BCUT2D eigenvalue weighted by Gasteiger charge is -2.27. The smallest absolute Gasteiger partial charge is 0.134 e. The van der Waals surface area contributed by atoms with E-state index in [0.29, 0.717) is 0 Å². The van der Waals surface area contributed by atoms with Crippen molar-refractivity contribution in [1.82, 2.24) is 9.97 Å². The first-order valence-electron chi connectivity index (χ1n) is 7.45. The zero-order valence-electron chi connectivity index (χ0n) is 12.3. The molecule has 1 N–H and O–H groups in total. The Morgan fingerprint density at radius 2 is 2.00 bits per heavy atom. The van der Waals surface area contributed by atoms with Gasteiger partial charge in [0.05, 0.1) is 13.2 Å². The quantitative estimate of drug-likeness (QED) is 0.918. The van der Waals surface area contributed by atoms with Crippen LogP contribution in [0.4, 0.5) is 11.6 Å². The Balaban J connectivity index is 1.57. The summed E-state index contributed by atoms with van der Waals surface area (Å²) in [5.41, 5.74) is 1.14. The molecule has 1 aliphatic rings. The lowest BCUT2D eigenvalue weighted by Crippen LogP contribution is -2.36. The Morgan fingerprint density at radius 1 is 1.18 bits per heavy atom. The van der Waals surface area contributed by atoms with Crippen molar-refractivity contribution in [2.75, 3.05) is 43.1 Å². The van der Waals surface area contributed by atoms with Crippen LogP contribution in [0, 0.1) is 0 Å². The summed E-state index contributed by atoms with van der Waals surface area (Å²) in [6, 6.07) is 9.89. The SMILES string of the molecule is Clc1ccccc1CCNc1cc(N2CCOCC2)ncn1. The van der Waals surface area contributed by atoms with Gasteiger partial charge in [0.1, 0.15) is 18.0 Å². The number of nitrogens with one attached hydrogen (secondary N) is 1. The Kier molecular flexibility index (Phi) is 5.08. The van der Waals surface area contributed by atoms with E-state index in [4.69, 9.17) is 16.3 Å². The zero-order chi connectivity index (χ0) is 15.2. The first kappa shape index (κ1) is 15.1. The van der Waals surface area contributed by atoms with E-state index >= 15 is 0 Å². The van der Waals surface area contributed by atoms with Gasteiger partial charge in [0.2, 0.25) is 0 Å². The van der Waals surface area contributed by atoms with Crippen molar-refractivity contribution >= 4 is 23.2 Å². The van der Waals surface area contributed by atoms with E-state index < -0.39 is 0 Å². The fourth-order valence-electron chi connectivity index (χ4n) is 2.44. The molecule has 1 aromatic carbocycles. The standard InChI is InChI=1S/C16H19ClN4O/c17-14-4-2-1-3-13(14)5-6-18-15-11-16(20-12-19-15)21-7-9-22-10-8-21/h1-4,11-12H,5-10H2,(H,18,19,20). The van der Waals surface area contributed by atoms with E-state index in [0.717, 1.165) is 61.5 Å². The number of morpholine rings is 1. The molecule has 1 saturated heterocycles. The van der Waals surface area contributed by atoms with Crippen LogP contribution in [0.25, 0.3) is 0 Å². The normalized spacial score (nSPS) is 14.9. The minimum Gasteiger partial charge on any atom is -0.378 e. The fourth-order valence-corrected chi connectivity index (χ4v) is 2.67. The molecule has 0 unspecified atom stereocenters. The van der Waals surface area contributed by atoms with E-state index in [9.17, 15) is 0 Å². The molecule has 2 aromatic rings. The number of aromatic nitrogens is 2.